The molecule has 22 heavy (non-hydrogen) atoms. The molecule has 1 aromatic rings. The van der Waals surface area contributed by atoms with E-state index < -0.39 is 0 Å². The van der Waals surface area contributed by atoms with E-state index in [4.69, 9.17) is 0 Å². The molecule has 1 aromatic heterocycles. The molecule has 0 saturated carbocycles. The molecule has 0 amide bonds. The van der Waals surface area contributed by atoms with Crippen molar-refractivity contribution in [2.45, 2.75) is 38.5 Å². The minimum absolute atomic E-state index is 0.131. The molecule has 0 aromatic carbocycles. The maximum atomic E-state index is 11.0. The van der Waals surface area contributed by atoms with Gasteiger partial charge in [0.05, 0.1) is 7.11 Å². The van der Waals surface area contributed by atoms with Gasteiger partial charge < -0.3 is 15.4 Å². The maximum absolute atomic E-state index is 11.0. The Kier molecular flexibility index (Phi) is 9.30. The summed E-state index contributed by atoms with van der Waals surface area (Å²) in [7, 11) is 3.21. The van der Waals surface area contributed by atoms with Gasteiger partial charge in [-0.05, 0) is 24.3 Å². The lowest BCUT2D eigenvalue weighted by atomic mass is 10.1. The van der Waals surface area contributed by atoms with E-state index in [1.54, 1.807) is 18.4 Å². The summed E-state index contributed by atoms with van der Waals surface area (Å²) in [5.74, 6) is 1.17. The van der Waals surface area contributed by atoms with Crippen molar-refractivity contribution < 1.29 is 9.53 Å². The van der Waals surface area contributed by atoms with E-state index in [0.29, 0.717) is 12.3 Å². The summed E-state index contributed by atoms with van der Waals surface area (Å²) in [6, 6.07) is 4.24. The number of esters is 1. The van der Waals surface area contributed by atoms with Gasteiger partial charge in [-0.15, -0.1) is 11.3 Å². The average Bonchev–Trinajstić information content (AvgIpc) is 3.07. The van der Waals surface area contributed by atoms with Crippen LogP contribution in [0.25, 0.3) is 0 Å². The first-order valence-electron chi connectivity index (χ1n) is 7.72. The van der Waals surface area contributed by atoms with Gasteiger partial charge in [-0.1, -0.05) is 19.4 Å². The lowest BCUT2D eigenvalue weighted by Gasteiger charge is -2.15. The normalized spacial score (nSPS) is 12.8. The van der Waals surface area contributed by atoms with Crippen LogP contribution >= 0.6 is 11.3 Å². The Balaban J connectivity index is 2.11. The van der Waals surface area contributed by atoms with E-state index >= 15 is 0 Å². The van der Waals surface area contributed by atoms with Gasteiger partial charge in [0.25, 0.3) is 0 Å². The van der Waals surface area contributed by atoms with Crippen molar-refractivity contribution in [3.05, 3.63) is 22.4 Å². The topological polar surface area (TPSA) is 62.7 Å². The van der Waals surface area contributed by atoms with Gasteiger partial charge in [0, 0.05) is 37.4 Å². The van der Waals surface area contributed by atoms with Gasteiger partial charge in [-0.3, -0.25) is 9.79 Å². The third-order valence-corrected chi connectivity index (χ3v) is 4.51. The van der Waals surface area contributed by atoms with Gasteiger partial charge in [-0.25, -0.2) is 0 Å². The average molecular weight is 325 g/mol. The van der Waals surface area contributed by atoms with Crippen molar-refractivity contribution in [2.24, 2.45) is 4.99 Å². The van der Waals surface area contributed by atoms with E-state index in [-0.39, 0.29) is 5.97 Å². The van der Waals surface area contributed by atoms with Crippen LogP contribution in [-0.2, 0) is 9.53 Å². The number of rotatable bonds is 9. The number of carbonyl (C=O) groups is 1. The minimum Gasteiger partial charge on any atom is -0.469 e. The van der Waals surface area contributed by atoms with Gasteiger partial charge in [0.2, 0.25) is 0 Å². The second-order valence-corrected chi connectivity index (χ2v) is 6.16. The Morgan fingerprint density at radius 2 is 2.18 bits per heavy atom. The summed E-state index contributed by atoms with van der Waals surface area (Å²) in [5.41, 5.74) is 0. The molecule has 1 unspecified atom stereocenters. The minimum atomic E-state index is -0.131. The number of hydrogen-bond acceptors (Lipinski definition) is 4. The highest BCUT2D eigenvalue weighted by atomic mass is 32.1. The first kappa shape index (κ1) is 18.5. The van der Waals surface area contributed by atoms with Crippen molar-refractivity contribution in [1.82, 2.24) is 10.6 Å². The first-order valence-corrected chi connectivity index (χ1v) is 8.60. The van der Waals surface area contributed by atoms with Crippen LogP contribution in [0.1, 0.15) is 43.4 Å². The molecule has 1 heterocycles. The number of nitrogens with zero attached hydrogens (tertiary/aromatic N) is 1. The van der Waals surface area contributed by atoms with Crippen molar-refractivity contribution in [3.63, 3.8) is 0 Å². The summed E-state index contributed by atoms with van der Waals surface area (Å²) in [4.78, 5) is 16.6. The largest absolute Gasteiger partial charge is 0.469 e. The Hall–Kier alpha value is -1.56. The van der Waals surface area contributed by atoms with E-state index in [9.17, 15) is 4.79 Å². The third-order valence-electron chi connectivity index (χ3n) is 3.41. The zero-order chi connectivity index (χ0) is 16.2. The molecule has 0 bridgehead atoms. The fourth-order valence-corrected chi connectivity index (χ4v) is 2.81. The number of methoxy groups -OCH3 is 1. The molecule has 5 nitrogen and oxygen atoms in total. The standard InChI is InChI=1S/C16H27N3O2S/c1-13(14-8-7-11-22-14)12-19-16(17-2)18-10-6-4-5-9-15(20)21-3/h7-8,11,13H,4-6,9-10,12H2,1-3H3,(H2,17,18,19). The number of guanidine groups is 1. The van der Waals surface area contributed by atoms with Crippen LogP contribution in [-0.4, -0.2) is 39.2 Å². The lowest BCUT2D eigenvalue weighted by molar-refractivity contribution is -0.140. The Labute approximate surface area is 137 Å². The van der Waals surface area contributed by atoms with E-state index in [2.05, 4.69) is 44.8 Å². The molecule has 124 valence electrons. The van der Waals surface area contributed by atoms with Crippen molar-refractivity contribution >= 4 is 23.3 Å². The molecule has 0 saturated heterocycles. The number of aliphatic imine (C=N–C) groups is 1. The zero-order valence-corrected chi connectivity index (χ0v) is 14.5. The molecule has 1 rings (SSSR count). The molecule has 0 aliphatic rings. The third kappa shape index (κ3) is 7.45. The Bertz CT molecular complexity index is 446. The van der Waals surface area contributed by atoms with Gasteiger partial charge in [0.15, 0.2) is 5.96 Å². The van der Waals surface area contributed by atoms with Crippen molar-refractivity contribution in [2.75, 3.05) is 27.2 Å². The summed E-state index contributed by atoms with van der Waals surface area (Å²) in [6.45, 7) is 3.93. The highest BCUT2D eigenvalue weighted by molar-refractivity contribution is 7.10. The molecule has 0 spiro atoms. The quantitative estimate of drug-likeness (QED) is 0.317. The predicted molar refractivity (Wildman–Crippen MR) is 92.6 cm³/mol. The SMILES string of the molecule is CN=C(NCCCCCC(=O)OC)NCC(C)c1cccs1. The molecule has 2 N–H and O–H groups in total. The van der Waals surface area contributed by atoms with Gasteiger partial charge in [-0.2, -0.15) is 0 Å². The highest BCUT2D eigenvalue weighted by Gasteiger charge is 2.07. The van der Waals surface area contributed by atoms with Crippen LogP contribution in [0.4, 0.5) is 0 Å². The summed E-state index contributed by atoms with van der Waals surface area (Å²) < 4.78 is 4.61. The van der Waals surface area contributed by atoms with E-state index in [0.717, 1.165) is 38.3 Å². The summed E-state index contributed by atoms with van der Waals surface area (Å²) in [6.07, 6.45) is 3.39. The maximum Gasteiger partial charge on any atom is 0.305 e. The fourth-order valence-electron chi connectivity index (χ4n) is 2.02. The molecule has 0 aliphatic carbocycles. The number of thiophene rings is 1. The zero-order valence-electron chi connectivity index (χ0n) is 13.7. The number of carbonyl (C=O) groups excluding carboxylic acids is 1. The smallest absolute Gasteiger partial charge is 0.305 e. The first-order chi connectivity index (χ1) is 10.7. The van der Waals surface area contributed by atoms with Crippen LogP contribution in [0.3, 0.4) is 0 Å². The van der Waals surface area contributed by atoms with Crippen molar-refractivity contribution in [3.8, 4) is 0 Å². The number of hydrogen-bond donors (Lipinski definition) is 2. The van der Waals surface area contributed by atoms with Crippen LogP contribution in [0, 0.1) is 0 Å². The summed E-state index contributed by atoms with van der Waals surface area (Å²) >= 11 is 1.78. The second kappa shape index (κ2) is 11.1. The van der Waals surface area contributed by atoms with Gasteiger partial charge >= 0.3 is 5.97 Å². The number of nitrogens with one attached hydrogen (secondary N) is 2. The molecule has 0 fully saturated rings. The monoisotopic (exact) mass is 325 g/mol. The lowest BCUT2D eigenvalue weighted by Crippen LogP contribution is -2.39. The van der Waals surface area contributed by atoms with E-state index in [1.165, 1.54) is 12.0 Å². The van der Waals surface area contributed by atoms with E-state index in [1.807, 2.05) is 0 Å². The van der Waals surface area contributed by atoms with Crippen LogP contribution in [0.15, 0.2) is 22.5 Å². The Morgan fingerprint density at radius 3 is 2.82 bits per heavy atom. The number of ether oxygens (including phenoxy) is 1. The molecule has 6 heteroatoms. The summed E-state index contributed by atoms with van der Waals surface area (Å²) in [5, 5.41) is 8.75. The number of unbranched alkanes of at least 4 members (excludes halogenated alkanes) is 2. The molecule has 0 radical (unpaired) electrons. The second-order valence-electron chi connectivity index (χ2n) is 5.18. The fraction of sp³-hybridized carbons (Fsp3) is 0.625. The van der Waals surface area contributed by atoms with Crippen LogP contribution < -0.4 is 10.6 Å². The van der Waals surface area contributed by atoms with Crippen LogP contribution in [0.5, 0.6) is 0 Å². The van der Waals surface area contributed by atoms with Crippen molar-refractivity contribution in [1.29, 1.82) is 0 Å². The van der Waals surface area contributed by atoms with Crippen LogP contribution in [0.2, 0.25) is 0 Å². The Morgan fingerprint density at radius 1 is 1.36 bits per heavy atom. The molecule has 1 atom stereocenters. The highest BCUT2D eigenvalue weighted by Crippen LogP contribution is 2.19. The predicted octanol–water partition coefficient (Wildman–Crippen LogP) is 2.75. The molecule has 0 aliphatic heterocycles. The van der Waals surface area contributed by atoms with Gasteiger partial charge in [0.1, 0.15) is 0 Å². The molecular formula is C16H27N3O2S. The molecular weight excluding hydrogens is 298 g/mol.